The van der Waals surface area contributed by atoms with Crippen LogP contribution in [0.5, 0.6) is 0 Å². The van der Waals surface area contributed by atoms with E-state index in [-0.39, 0.29) is 0 Å². The molecule has 0 saturated carbocycles. The zero-order valence-electron chi connectivity index (χ0n) is 10.6. The Morgan fingerprint density at radius 2 is 2.17 bits per heavy atom. The molecule has 0 aliphatic rings. The molecule has 1 heterocycles. The summed E-state index contributed by atoms with van der Waals surface area (Å²) >= 11 is 5.37. The number of nitrogens with two attached hydrogens (primary N) is 1. The predicted molar refractivity (Wildman–Crippen MR) is 82.8 cm³/mol. The SMILES string of the molecule is CC(c1cccs1)N(C)Cc1ccc(N)cc1Br. The van der Waals surface area contributed by atoms with Gasteiger partial charge in [-0.1, -0.05) is 28.1 Å². The van der Waals surface area contributed by atoms with E-state index in [1.807, 2.05) is 12.1 Å². The summed E-state index contributed by atoms with van der Waals surface area (Å²) in [4.78, 5) is 3.73. The zero-order valence-corrected chi connectivity index (χ0v) is 13.0. The van der Waals surface area contributed by atoms with Gasteiger partial charge in [-0.05, 0) is 43.1 Å². The fourth-order valence-electron chi connectivity index (χ4n) is 1.84. The van der Waals surface area contributed by atoms with Gasteiger partial charge in [-0.3, -0.25) is 4.90 Å². The smallest absolute Gasteiger partial charge is 0.0413 e. The number of halogens is 1. The molecule has 0 amide bonds. The van der Waals surface area contributed by atoms with Gasteiger partial charge in [0.15, 0.2) is 0 Å². The van der Waals surface area contributed by atoms with Crippen molar-refractivity contribution < 1.29 is 0 Å². The van der Waals surface area contributed by atoms with Gasteiger partial charge >= 0.3 is 0 Å². The first-order chi connectivity index (χ1) is 8.58. The summed E-state index contributed by atoms with van der Waals surface area (Å²) in [6, 6.07) is 10.7. The maximum Gasteiger partial charge on any atom is 0.0413 e. The van der Waals surface area contributed by atoms with Crippen LogP contribution < -0.4 is 5.73 Å². The van der Waals surface area contributed by atoms with Gasteiger partial charge in [-0.2, -0.15) is 0 Å². The van der Waals surface area contributed by atoms with Gasteiger partial charge in [0.2, 0.25) is 0 Å². The maximum absolute atomic E-state index is 5.75. The van der Waals surface area contributed by atoms with Gasteiger partial charge in [0.25, 0.3) is 0 Å². The van der Waals surface area contributed by atoms with Crippen LogP contribution in [0.1, 0.15) is 23.4 Å². The minimum absolute atomic E-state index is 0.425. The predicted octanol–water partition coefficient (Wildman–Crippen LogP) is 4.29. The highest BCUT2D eigenvalue weighted by Gasteiger charge is 2.13. The highest BCUT2D eigenvalue weighted by atomic mass is 79.9. The molecule has 2 aromatic rings. The lowest BCUT2D eigenvalue weighted by molar-refractivity contribution is 0.256. The third kappa shape index (κ3) is 3.13. The van der Waals surface area contributed by atoms with Crippen LogP contribution in [0.25, 0.3) is 0 Å². The highest BCUT2D eigenvalue weighted by Crippen LogP contribution is 2.27. The summed E-state index contributed by atoms with van der Waals surface area (Å²) in [6.07, 6.45) is 0. The molecule has 0 fully saturated rings. The van der Waals surface area contributed by atoms with E-state index >= 15 is 0 Å². The van der Waals surface area contributed by atoms with Gasteiger partial charge in [-0.15, -0.1) is 11.3 Å². The molecule has 1 unspecified atom stereocenters. The molecule has 2 N–H and O–H groups in total. The van der Waals surface area contributed by atoms with Crippen molar-refractivity contribution in [3.8, 4) is 0 Å². The number of hydrogen-bond acceptors (Lipinski definition) is 3. The van der Waals surface area contributed by atoms with Gasteiger partial charge < -0.3 is 5.73 Å². The molecule has 2 rings (SSSR count). The molecular formula is C14H17BrN2S. The lowest BCUT2D eigenvalue weighted by Crippen LogP contribution is -2.21. The normalized spacial score (nSPS) is 12.9. The molecule has 2 nitrogen and oxygen atoms in total. The second-order valence-corrected chi connectivity index (χ2v) is 6.29. The van der Waals surface area contributed by atoms with Crippen molar-refractivity contribution in [2.45, 2.75) is 19.5 Å². The number of benzene rings is 1. The van der Waals surface area contributed by atoms with Crippen LogP contribution in [0.4, 0.5) is 5.69 Å². The molecule has 18 heavy (non-hydrogen) atoms. The lowest BCUT2D eigenvalue weighted by atomic mass is 10.1. The Kier molecular flexibility index (Phi) is 4.43. The second-order valence-electron chi connectivity index (χ2n) is 4.46. The molecule has 0 bridgehead atoms. The van der Waals surface area contributed by atoms with Crippen molar-refractivity contribution in [3.63, 3.8) is 0 Å². The van der Waals surface area contributed by atoms with Crippen molar-refractivity contribution in [1.82, 2.24) is 4.90 Å². The third-order valence-corrected chi connectivity index (χ3v) is 4.89. The Balaban J connectivity index is 2.09. The van der Waals surface area contributed by atoms with Crippen molar-refractivity contribution in [2.24, 2.45) is 0 Å². The Labute approximate surface area is 121 Å². The van der Waals surface area contributed by atoms with Crippen molar-refractivity contribution in [3.05, 3.63) is 50.6 Å². The highest BCUT2D eigenvalue weighted by molar-refractivity contribution is 9.10. The lowest BCUT2D eigenvalue weighted by Gasteiger charge is -2.24. The Morgan fingerprint density at radius 3 is 2.78 bits per heavy atom. The first-order valence-electron chi connectivity index (χ1n) is 5.85. The topological polar surface area (TPSA) is 29.3 Å². The van der Waals surface area contributed by atoms with E-state index in [1.54, 1.807) is 11.3 Å². The standard InChI is InChI=1S/C14H17BrN2S/c1-10(14-4-3-7-18-14)17(2)9-11-5-6-12(16)8-13(11)15/h3-8,10H,9,16H2,1-2H3. The third-order valence-electron chi connectivity index (χ3n) is 3.11. The second kappa shape index (κ2) is 5.87. The molecule has 0 radical (unpaired) electrons. The summed E-state index contributed by atoms with van der Waals surface area (Å²) in [5.41, 5.74) is 7.80. The average Bonchev–Trinajstić information content (AvgIpc) is 2.85. The Morgan fingerprint density at radius 1 is 1.39 bits per heavy atom. The van der Waals surface area contributed by atoms with E-state index in [4.69, 9.17) is 5.73 Å². The van der Waals surface area contributed by atoms with E-state index in [0.717, 1.165) is 16.7 Å². The summed E-state index contributed by atoms with van der Waals surface area (Å²) < 4.78 is 1.08. The summed E-state index contributed by atoms with van der Waals surface area (Å²) in [5.74, 6) is 0. The van der Waals surface area contributed by atoms with E-state index in [2.05, 4.69) is 58.4 Å². The summed E-state index contributed by atoms with van der Waals surface area (Å²) in [6.45, 7) is 3.14. The fraction of sp³-hybridized carbons (Fsp3) is 0.286. The van der Waals surface area contributed by atoms with Gasteiger partial charge in [0.05, 0.1) is 0 Å². The fourth-order valence-corrected chi connectivity index (χ4v) is 3.21. The number of nitrogen functional groups attached to an aromatic ring is 1. The van der Waals surface area contributed by atoms with Crippen LogP contribution in [0.15, 0.2) is 40.2 Å². The van der Waals surface area contributed by atoms with Crippen molar-refractivity contribution >= 4 is 33.0 Å². The first kappa shape index (κ1) is 13.6. The molecule has 0 aliphatic carbocycles. The molecule has 4 heteroatoms. The van der Waals surface area contributed by atoms with Crippen LogP contribution in [-0.2, 0) is 6.54 Å². The van der Waals surface area contributed by atoms with Crippen molar-refractivity contribution in [2.75, 3.05) is 12.8 Å². The minimum atomic E-state index is 0.425. The average molecular weight is 325 g/mol. The van der Waals surface area contributed by atoms with Crippen molar-refractivity contribution in [1.29, 1.82) is 0 Å². The molecule has 1 aromatic heterocycles. The van der Waals surface area contributed by atoms with Crippen LogP contribution in [0.3, 0.4) is 0 Å². The number of thiophene rings is 1. The number of hydrogen-bond donors (Lipinski definition) is 1. The monoisotopic (exact) mass is 324 g/mol. The zero-order chi connectivity index (χ0) is 13.1. The van der Waals surface area contributed by atoms with Gasteiger partial charge in [0, 0.05) is 27.6 Å². The minimum Gasteiger partial charge on any atom is -0.399 e. The van der Waals surface area contributed by atoms with Crippen LogP contribution in [0.2, 0.25) is 0 Å². The van der Waals surface area contributed by atoms with E-state index in [9.17, 15) is 0 Å². The Bertz CT molecular complexity index is 511. The molecule has 1 atom stereocenters. The number of anilines is 1. The molecule has 0 saturated heterocycles. The molecule has 96 valence electrons. The Hall–Kier alpha value is -0.840. The van der Waals surface area contributed by atoms with Crippen LogP contribution >= 0.6 is 27.3 Å². The van der Waals surface area contributed by atoms with E-state index in [1.165, 1.54) is 10.4 Å². The molecule has 0 aliphatic heterocycles. The summed E-state index contributed by atoms with van der Waals surface area (Å²) in [5, 5.41) is 2.12. The number of nitrogens with zero attached hydrogens (tertiary/aromatic N) is 1. The van der Waals surface area contributed by atoms with Gasteiger partial charge in [0.1, 0.15) is 0 Å². The van der Waals surface area contributed by atoms with E-state index in [0.29, 0.717) is 6.04 Å². The maximum atomic E-state index is 5.75. The number of rotatable bonds is 4. The summed E-state index contributed by atoms with van der Waals surface area (Å²) in [7, 11) is 2.15. The largest absolute Gasteiger partial charge is 0.399 e. The first-order valence-corrected chi connectivity index (χ1v) is 7.52. The van der Waals surface area contributed by atoms with Crippen LogP contribution in [0, 0.1) is 0 Å². The van der Waals surface area contributed by atoms with E-state index < -0.39 is 0 Å². The molecular weight excluding hydrogens is 308 g/mol. The quantitative estimate of drug-likeness (QED) is 0.850. The molecule has 1 aromatic carbocycles. The van der Waals surface area contributed by atoms with Gasteiger partial charge in [-0.25, -0.2) is 0 Å². The molecule has 0 spiro atoms. The van der Waals surface area contributed by atoms with Crippen LogP contribution in [-0.4, -0.2) is 11.9 Å².